The van der Waals surface area contributed by atoms with Crippen molar-refractivity contribution < 1.29 is 4.42 Å². The Morgan fingerprint density at radius 1 is 0.266 bits per heavy atom. The quantitative estimate of drug-likeness (QED) is 0.170. The Balaban J connectivity index is 1.05. The first-order valence-electron chi connectivity index (χ1n) is 21.9. The molecule has 0 saturated heterocycles. The predicted octanol–water partition coefficient (Wildman–Crippen LogP) is 16.2. The Hall–Kier alpha value is -8.60. The standard InChI is InChI=1S/C60H37N3O/c1-2-15-38(16-3-1)39-17-14-18-40(35-39)43-32-34-58-59(49-23-8-13-28-57(49)64-58)60(43)63-54-27-12-6-21-46(54)48-31-29-42(37-56(48)63)62-53-26-11-7-22-47(53)50-36-41(30-33-55(50)62)61-51-24-9-4-19-44(51)45-20-5-10-25-52(45)61/h1-37H. The van der Waals surface area contributed by atoms with E-state index in [4.69, 9.17) is 4.42 Å². The Kier molecular flexibility index (Phi) is 7.36. The van der Waals surface area contributed by atoms with Crippen LogP contribution in [0.1, 0.15) is 0 Å². The second kappa shape index (κ2) is 13.4. The summed E-state index contributed by atoms with van der Waals surface area (Å²) in [6.07, 6.45) is 0. The van der Waals surface area contributed by atoms with Crippen molar-refractivity contribution in [2.45, 2.75) is 0 Å². The van der Waals surface area contributed by atoms with Gasteiger partial charge in [-0.25, -0.2) is 0 Å². The van der Waals surface area contributed by atoms with Crippen LogP contribution in [0.5, 0.6) is 0 Å². The normalized spacial score (nSPS) is 12.1. The molecule has 0 bridgehead atoms. The zero-order chi connectivity index (χ0) is 41.9. The fourth-order valence-electron chi connectivity index (χ4n) is 10.7. The molecule has 10 aromatic carbocycles. The molecule has 298 valence electrons. The van der Waals surface area contributed by atoms with Crippen molar-refractivity contribution in [1.29, 1.82) is 0 Å². The highest BCUT2D eigenvalue weighted by Gasteiger charge is 2.23. The largest absolute Gasteiger partial charge is 0.456 e. The first-order chi connectivity index (χ1) is 31.8. The summed E-state index contributed by atoms with van der Waals surface area (Å²) in [5.74, 6) is 0. The molecule has 0 atom stereocenters. The van der Waals surface area contributed by atoms with E-state index in [2.05, 4.69) is 238 Å². The number of aromatic nitrogens is 3. The zero-order valence-corrected chi connectivity index (χ0v) is 34.6. The highest BCUT2D eigenvalue weighted by Crippen LogP contribution is 2.45. The Morgan fingerprint density at radius 2 is 0.766 bits per heavy atom. The molecule has 4 heterocycles. The van der Waals surface area contributed by atoms with Gasteiger partial charge >= 0.3 is 0 Å². The molecule has 4 aromatic heterocycles. The maximum absolute atomic E-state index is 6.64. The first-order valence-corrected chi connectivity index (χ1v) is 21.9. The third kappa shape index (κ3) is 4.99. The molecule has 0 N–H and O–H groups in total. The smallest absolute Gasteiger partial charge is 0.137 e. The molecule has 0 spiro atoms. The molecular weight excluding hydrogens is 779 g/mol. The Morgan fingerprint density at radius 3 is 1.45 bits per heavy atom. The lowest BCUT2D eigenvalue weighted by atomic mass is 9.96. The number of fused-ring (bicyclic) bond motifs is 12. The molecule has 0 saturated carbocycles. The van der Waals surface area contributed by atoms with E-state index in [0.717, 1.165) is 66.7 Å². The third-order valence-electron chi connectivity index (χ3n) is 13.4. The van der Waals surface area contributed by atoms with Gasteiger partial charge in [-0.05, 0) is 95.6 Å². The number of benzene rings is 10. The van der Waals surface area contributed by atoms with E-state index in [9.17, 15) is 0 Å². The van der Waals surface area contributed by atoms with E-state index in [1.807, 2.05) is 0 Å². The molecule has 0 unspecified atom stereocenters. The van der Waals surface area contributed by atoms with Gasteiger partial charge in [0.1, 0.15) is 11.2 Å². The average Bonchev–Trinajstić information content (AvgIpc) is 4.10. The molecule has 0 fully saturated rings. The Labute approximate surface area is 367 Å². The van der Waals surface area contributed by atoms with Gasteiger partial charge < -0.3 is 18.1 Å². The van der Waals surface area contributed by atoms with Crippen LogP contribution in [0.25, 0.3) is 127 Å². The first kappa shape index (κ1) is 35.0. The van der Waals surface area contributed by atoms with E-state index in [1.165, 1.54) is 60.0 Å². The number of nitrogens with zero attached hydrogens (tertiary/aromatic N) is 3. The average molecular weight is 816 g/mol. The highest BCUT2D eigenvalue weighted by atomic mass is 16.3. The van der Waals surface area contributed by atoms with Crippen LogP contribution < -0.4 is 0 Å². The van der Waals surface area contributed by atoms with E-state index in [0.29, 0.717) is 0 Å². The minimum Gasteiger partial charge on any atom is -0.456 e. The maximum atomic E-state index is 6.64. The summed E-state index contributed by atoms with van der Waals surface area (Å²) in [6.45, 7) is 0. The molecule has 0 aliphatic carbocycles. The van der Waals surface area contributed by atoms with Crippen molar-refractivity contribution in [2.24, 2.45) is 0 Å². The molecule has 14 rings (SSSR count). The SMILES string of the molecule is c1ccc(-c2cccc(-c3ccc4oc5ccccc5c4c3-n3c4ccccc4c4ccc(-n5c6ccccc6c6cc(-n7c8ccccc8c8ccccc87)ccc65)cc43)c2)cc1. The van der Waals surface area contributed by atoms with E-state index < -0.39 is 0 Å². The van der Waals surface area contributed by atoms with Crippen molar-refractivity contribution in [3.63, 3.8) is 0 Å². The summed E-state index contributed by atoms with van der Waals surface area (Å²) in [4.78, 5) is 0. The second-order valence-corrected chi connectivity index (χ2v) is 16.9. The molecular formula is C60H37N3O. The van der Waals surface area contributed by atoms with Gasteiger partial charge in [0.25, 0.3) is 0 Å². The van der Waals surface area contributed by atoms with Crippen LogP contribution in [-0.2, 0) is 0 Å². The lowest BCUT2D eigenvalue weighted by molar-refractivity contribution is 0.669. The minimum atomic E-state index is 0.864. The molecule has 64 heavy (non-hydrogen) atoms. The van der Waals surface area contributed by atoms with Gasteiger partial charge in [-0.3, -0.25) is 0 Å². The maximum Gasteiger partial charge on any atom is 0.137 e. The van der Waals surface area contributed by atoms with Crippen LogP contribution in [0.3, 0.4) is 0 Å². The minimum absolute atomic E-state index is 0.864. The van der Waals surface area contributed by atoms with Gasteiger partial charge in [0.05, 0.1) is 44.2 Å². The van der Waals surface area contributed by atoms with Crippen molar-refractivity contribution in [3.8, 4) is 39.3 Å². The van der Waals surface area contributed by atoms with Crippen LogP contribution >= 0.6 is 0 Å². The van der Waals surface area contributed by atoms with E-state index in [-0.39, 0.29) is 0 Å². The number of hydrogen-bond acceptors (Lipinski definition) is 1. The fraction of sp³-hybridized carbons (Fsp3) is 0. The van der Waals surface area contributed by atoms with Gasteiger partial charge in [-0.15, -0.1) is 0 Å². The van der Waals surface area contributed by atoms with Crippen molar-refractivity contribution in [3.05, 3.63) is 224 Å². The topological polar surface area (TPSA) is 27.9 Å². The van der Waals surface area contributed by atoms with Crippen LogP contribution in [0.15, 0.2) is 229 Å². The number of rotatable bonds is 5. The summed E-state index contributed by atoms with van der Waals surface area (Å²) in [5, 5.41) is 9.55. The molecule has 0 aliphatic heterocycles. The summed E-state index contributed by atoms with van der Waals surface area (Å²) in [6, 6.07) is 81.5. The van der Waals surface area contributed by atoms with Crippen molar-refractivity contribution in [1.82, 2.24) is 13.7 Å². The molecule has 0 radical (unpaired) electrons. The second-order valence-electron chi connectivity index (χ2n) is 16.9. The van der Waals surface area contributed by atoms with Crippen LogP contribution in [0, 0.1) is 0 Å². The fourth-order valence-corrected chi connectivity index (χ4v) is 10.7. The van der Waals surface area contributed by atoms with Gasteiger partial charge in [0.15, 0.2) is 0 Å². The third-order valence-corrected chi connectivity index (χ3v) is 13.4. The van der Waals surface area contributed by atoms with Gasteiger partial charge in [0, 0.05) is 54.6 Å². The van der Waals surface area contributed by atoms with Crippen LogP contribution in [0.4, 0.5) is 0 Å². The number of para-hydroxylation sites is 5. The lowest BCUT2D eigenvalue weighted by Crippen LogP contribution is -2.00. The predicted molar refractivity (Wildman–Crippen MR) is 268 cm³/mol. The van der Waals surface area contributed by atoms with Gasteiger partial charge in [0.2, 0.25) is 0 Å². The lowest BCUT2D eigenvalue weighted by Gasteiger charge is -2.17. The molecule has 4 nitrogen and oxygen atoms in total. The zero-order valence-electron chi connectivity index (χ0n) is 34.6. The van der Waals surface area contributed by atoms with E-state index >= 15 is 0 Å². The monoisotopic (exact) mass is 815 g/mol. The summed E-state index contributed by atoms with van der Waals surface area (Å²) in [5.41, 5.74) is 16.8. The summed E-state index contributed by atoms with van der Waals surface area (Å²) >= 11 is 0. The highest BCUT2D eigenvalue weighted by molar-refractivity contribution is 6.18. The molecule has 4 heteroatoms. The molecule has 0 aliphatic rings. The van der Waals surface area contributed by atoms with Crippen LogP contribution in [0.2, 0.25) is 0 Å². The van der Waals surface area contributed by atoms with Crippen molar-refractivity contribution in [2.75, 3.05) is 0 Å². The molecule has 14 aromatic rings. The number of furan rings is 1. The van der Waals surface area contributed by atoms with Crippen LogP contribution in [-0.4, -0.2) is 13.7 Å². The van der Waals surface area contributed by atoms with Gasteiger partial charge in [-0.1, -0.05) is 146 Å². The van der Waals surface area contributed by atoms with Crippen molar-refractivity contribution >= 4 is 87.4 Å². The van der Waals surface area contributed by atoms with Gasteiger partial charge in [-0.2, -0.15) is 0 Å². The summed E-state index contributed by atoms with van der Waals surface area (Å²) < 4.78 is 14.0. The van der Waals surface area contributed by atoms with E-state index in [1.54, 1.807) is 0 Å². The Bertz CT molecular complexity index is 4140. The molecule has 0 amide bonds. The number of hydrogen-bond donors (Lipinski definition) is 0. The summed E-state index contributed by atoms with van der Waals surface area (Å²) in [7, 11) is 0.